The van der Waals surface area contributed by atoms with Gasteiger partial charge in [0.2, 0.25) is 0 Å². The van der Waals surface area contributed by atoms with E-state index in [1.54, 1.807) is 12.1 Å². The predicted molar refractivity (Wildman–Crippen MR) is 54.7 cm³/mol. The van der Waals surface area contributed by atoms with Crippen LogP contribution in [0.3, 0.4) is 0 Å². The van der Waals surface area contributed by atoms with Gasteiger partial charge in [0.1, 0.15) is 11.6 Å². The summed E-state index contributed by atoms with van der Waals surface area (Å²) in [4.78, 5) is 0. The zero-order chi connectivity index (χ0) is 10.6. The highest BCUT2D eigenvalue weighted by Crippen LogP contribution is 2.26. The van der Waals surface area contributed by atoms with E-state index in [4.69, 9.17) is 10.5 Å². The lowest BCUT2D eigenvalue weighted by atomic mass is 10.0. The second-order valence-corrected chi connectivity index (χ2v) is 3.02. The van der Waals surface area contributed by atoms with Gasteiger partial charge < -0.3 is 10.5 Å². The van der Waals surface area contributed by atoms with E-state index in [2.05, 4.69) is 6.58 Å². The molecule has 0 aromatic heterocycles. The molecule has 0 spiro atoms. The number of halogens is 1. The van der Waals surface area contributed by atoms with Crippen LogP contribution < -0.4 is 10.5 Å². The number of hydrogen-bond donors (Lipinski definition) is 1. The zero-order valence-corrected chi connectivity index (χ0v) is 8.16. The third-order valence-electron chi connectivity index (χ3n) is 2.02. The molecule has 3 heteroatoms. The largest absolute Gasteiger partial charge is 0.496 e. The molecule has 0 amide bonds. The van der Waals surface area contributed by atoms with Crippen molar-refractivity contribution in [3.8, 4) is 5.75 Å². The summed E-state index contributed by atoms with van der Waals surface area (Å²) in [5.41, 5.74) is 6.66. The molecule has 1 rings (SSSR count). The molecule has 2 nitrogen and oxygen atoms in total. The average Bonchev–Trinajstić information content (AvgIpc) is 2.17. The highest BCUT2D eigenvalue weighted by molar-refractivity contribution is 5.36. The Hall–Kier alpha value is -1.35. The van der Waals surface area contributed by atoms with E-state index in [0.29, 0.717) is 12.2 Å². The summed E-state index contributed by atoms with van der Waals surface area (Å²) < 4.78 is 17.9. The zero-order valence-electron chi connectivity index (χ0n) is 8.16. The third kappa shape index (κ3) is 2.33. The van der Waals surface area contributed by atoms with Gasteiger partial charge in [-0.1, -0.05) is 12.1 Å². The van der Waals surface area contributed by atoms with Gasteiger partial charge in [-0.2, -0.15) is 0 Å². The molecule has 1 aromatic carbocycles. The normalized spacial score (nSPS) is 12.2. The SMILES string of the molecule is C=CC[C@@H](N)c1ccc(F)cc1OC. The summed E-state index contributed by atoms with van der Waals surface area (Å²) in [5.74, 6) is 0.163. The molecule has 0 aliphatic rings. The molecule has 0 bridgehead atoms. The molecule has 0 aliphatic carbocycles. The summed E-state index contributed by atoms with van der Waals surface area (Å²) in [6, 6.07) is 4.16. The maximum atomic E-state index is 12.8. The van der Waals surface area contributed by atoms with Gasteiger partial charge in [-0.05, 0) is 12.5 Å². The molecule has 0 radical (unpaired) electrons. The van der Waals surface area contributed by atoms with Gasteiger partial charge in [-0.15, -0.1) is 6.58 Å². The molecular weight excluding hydrogens is 181 g/mol. The molecule has 0 heterocycles. The molecule has 0 fully saturated rings. The van der Waals surface area contributed by atoms with Crippen LogP contribution in [0.5, 0.6) is 5.75 Å². The Morgan fingerprint density at radius 2 is 2.36 bits per heavy atom. The molecule has 0 saturated heterocycles. The first-order valence-electron chi connectivity index (χ1n) is 4.39. The minimum atomic E-state index is -0.323. The van der Waals surface area contributed by atoms with Crippen molar-refractivity contribution in [1.82, 2.24) is 0 Å². The number of nitrogens with two attached hydrogens (primary N) is 1. The van der Waals surface area contributed by atoms with Crippen molar-refractivity contribution in [3.63, 3.8) is 0 Å². The van der Waals surface area contributed by atoms with Crippen LogP contribution >= 0.6 is 0 Å². The van der Waals surface area contributed by atoms with E-state index < -0.39 is 0 Å². The van der Waals surface area contributed by atoms with E-state index in [-0.39, 0.29) is 11.9 Å². The Bertz CT molecular complexity index is 325. The van der Waals surface area contributed by atoms with Crippen molar-refractivity contribution in [2.24, 2.45) is 5.73 Å². The Kier molecular flexibility index (Phi) is 3.65. The van der Waals surface area contributed by atoms with Crippen LogP contribution in [0, 0.1) is 5.82 Å². The fourth-order valence-corrected chi connectivity index (χ4v) is 1.30. The van der Waals surface area contributed by atoms with Crippen molar-refractivity contribution in [2.75, 3.05) is 7.11 Å². The lowest BCUT2D eigenvalue weighted by Crippen LogP contribution is -2.10. The second-order valence-electron chi connectivity index (χ2n) is 3.02. The van der Waals surface area contributed by atoms with Crippen LogP contribution in [0.2, 0.25) is 0 Å². The smallest absolute Gasteiger partial charge is 0.126 e. The van der Waals surface area contributed by atoms with Crippen LogP contribution in [0.25, 0.3) is 0 Å². The number of benzene rings is 1. The Labute approximate surface area is 83.2 Å². The molecule has 1 atom stereocenters. The first kappa shape index (κ1) is 10.7. The number of rotatable bonds is 4. The first-order chi connectivity index (χ1) is 6.69. The van der Waals surface area contributed by atoms with Gasteiger partial charge in [0.05, 0.1) is 7.11 Å². The van der Waals surface area contributed by atoms with E-state index in [9.17, 15) is 4.39 Å². The van der Waals surface area contributed by atoms with Gasteiger partial charge in [-0.25, -0.2) is 4.39 Å². The lowest BCUT2D eigenvalue weighted by molar-refractivity contribution is 0.402. The van der Waals surface area contributed by atoms with Crippen LogP contribution in [0.1, 0.15) is 18.0 Å². The Morgan fingerprint density at radius 1 is 1.64 bits per heavy atom. The molecule has 14 heavy (non-hydrogen) atoms. The molecule has 2 N–H and O–H groups in total. The van der Waals surface area contributed by atoms with Crippen molar-refractivity contribution in [3.05, 3.63) is 42.2 Å². The van der Waals surface area contributed by atoms with Crippen molar-refractivity contribution in [1.29, 1.82) is 0 Å². The summed E-state index contributed by atoms with van der Waals surface area (Å²) in [6.07, 6.45) is 2.37. The van der Waals surface area contributed by atoms with Gasteiger partial charge in [0.25, 0.3) is 0 Å². The van der Waals surface area contributed by atoms with Crippen LogP contribution in [0.15, 0.2) is 30.9 Å². The third-order valence-corrected chi connectivity index (χ3v) is 2.02. The van der Waals surface area contributed by atoms with Crippen molar-refractivity contribution >= 4 is 0 Å². The van der Waals surface area contributed by atoms with Crippen LogP contribution in [0.4, 0.5) is 4.39 Å². The molecular formula is C11H14FNO. The number of ether oxygens (including phenoxy) is 1. The van der Waals surface area contributed by atoms with E-state index >= 15 is 0 Å². The molecule has 0 saturated carbocycles. The number of methoxy groups -OCH3 is 1. The summed E-state index contributed by atoms with van der Waals surface area (Å²) >= 11 is 0. The predicted octanol–water partition coefficient (Wildman–Crippen LogP) is 2.41. The average molecular weight is 195 g/mol. The van der Waals surface area contributed by atoms with E-state index in [1.807, 2.05) is 0 Å². The first-order valence-corrected chi connectivity index (χ1v) is 4.39. The summed E-state index contributed by atoms with van der Waals surface area (Å²) in [6.45, 7) is 3.60. The van der Waals surface area contributed by atoms with Gasteiger partial charge in [0.15, 0.2) is 0 Å². The molecule has 0 aliphatic heterocycles. The maximum absolute atomic E-state index is 12.8. The van der Waals surface area contributed by atoms with Gasteiger partial charge >= 0.3 is 0 Å². The second kappa shape index (κ2) is 4.77. The number of hydrogen-bond acceptors (Lipinski definition) is 2. The highest BCUT2D eigenvalue weighted by Gasteiger charge is 2.10. The van der Waals surface area contributed by atoms with Crippen molar-refractivity contribution in [2.45, 2.75) is 12.5 Å². The minimum absolute atomic E-state index is 0.192. The maximum Gasteiger partial charge on any atom is 0.126 e. The van der Waals surface area contributed by atoms with E-state index in [1.165, 1.54) is 19.2 Å². The summed E-state index contributed by atoms with van der Waals surface area (Å²) in [7, 11) is 1.50. The van der Waals surface area contributed by atoms with E-state index in [0.717, 1.165) is 5.56 Å². The molecule has 1 aromatic rings. The lowest BCUT2D eigenvalue weighted by Gasteiger charge is -2.13. The fourth-order valence-electron chi connectivity index (χ4n) is 1.30. The monoisotopic (exact) mass is 195 g/mol. The Morgan fingerprint density at radius 3 is 2.93 bits per heavy atom. The topological polar surface area (TPSA) is 35.2 Å². The standard InChI is InChI=1S/C11H14FNO/c1-3-4-10(13)9-6-5-8(12)7-11(9)14-2/h3,5-7,10H,1,4,13H2,2H3/t10-/m1/s1. The van der Waals surface area contributed by atoms with Gasteiger partial charge in [-0.3, -0.25) is 0 Å². The van der Waals surface area contributed by atoms with Crippen molar-refractivity contribution < 1.29 is 9.13 Å². The Balaban J connectivity index is 3.00. The summed E-state index contributed by atoms with van der Waals surface area (Å²) in [5, 5.41) is 0. The van der Waals surface area contributed by atoms with Crippen LogP contribution in [-0.2, 0) is 0 Å². The fraction of sp³-hybridized carbons (Fsp3) is 0.273. The van der Waals surface area contributed by atoms with Gasteiger partial charge in [0, 0.05) is 17.7 Å². The van der Waals surface area contributed by atoms with Crippen LogP contribution in [-0.4, -0.2) is 7.11 Å². The molecule has 0 unspecified atom stereocenters. The minimum Gasteiger partial charge on any atom is -0.496 e. The molecule has 76 valence electrons. The quantitative estimate of drug-likeness (QED) is 0.749. The highest BCUT2D eigenvalue weighted by atomic mass is 19.1.